The molecule has 0 saturated heterocycles. The lowest BCUT2D eigenvalue weighted by molar-refractivity contribution is 0.199. The number of fused-ring (bicyclic) bond motifs is 1. The van der Waals surface area contributed by atoms with E-state index in [0.717, 1.165) is 30.9 Å². The van der Waals surface area contributed by atoms with Crippen LogP contribution in [0.4, 0.5) is 0 Å². The van der Waals surface area contributed by atoms with Crippen LogP contribution in [0.15, 0.2) is 18.2 Å². The Labute approximate surface area is 134 Å². The molecule has 1 aromatic heterocycles. The summed E-state index contributed by atoms with van der Waals surface area (Å²) in [5.74, 6) is 0. The van der Waals surface area contributed by atoms with Gasteiger partial charge in [0.05, 0.1) is 12.1 Å². The van der Waals surface area contributed by atoms with Gasteiger partial charge >= 0.3 is 0 Å². The maximum Gasteiger partial charge on any atom is 0.0714 e. The summed E-state index contributed by atoms with van der Waals surface area (Å²) in [5, 5.41) is 4.74. The van der Waals surface area contributed by atoms with Gasteiger partial charge in [-0.3, -0.25) is 4.98 Å². The molecular weight excluding hydrogens is 272 g/mol. The fraction of sp³-hybridized carbons (Fsp3) is 0.526. The first kappa shape index (κ1) is 16.9. The van der Waals surface area contributed by atoms with Crippen LogP contribution in [0.1, 0.15) is 43.2 Å². The second-order valence-corrected chi connectivity index (χ2v) is 7.06. The molecule has 0 unspecified atom stereocenters. The zero-order chi connectivity index (χ0) is 16.3. The molecule has 0 atom stereocenters. The zero-order valence-electron chi connectivity index (χ0n) is 14.7. The van der Waals surface area contributed by atoms with Crippen LogP contribution in [-0.2, 0) is 16.7 Å². The monoisotopic (exact) mass is 300 g/mol. The Morgan fingerprint density at radius 2 is 1.86 bits per heavy atom. The van der Waals surface area contributed by atoms with Crippen molar-refractivity contribution in [2.24, 2.45) is 0 Å². The summed E-state index contributed by atoms with van der Waals surface area (Å²) in [7, 11) is 1.73. The van der Waals surface area contributed by atoms with Crippen molar-refractivity contribution in [3.8, 4) is 0 Å². The molecule has 1 N–H and O–H groups in total. The van der Waals surface area contributed by atoms with Crippen LogP contribution < -0.4 is 5.32 Å². The molecule has 0 aliphatic rings. The standard InChI is InChI=1S/C19H28N2O/c1-13-9-14(2)18-15(12-20-7-8-22-6)11-17(19(3,4)5)21-16(18)10-13/h9-11,20H,7-8,12H2,1-6H3. The molecule has 120 valence electrons. The highest BCUT2D eigenvalue weighted by Crippen LogP contribution is 2.28. The molecule has 2 aromatic rings. The Bertz CT molecular complexity index is 657. The minimum absolute atomic E-state index is 0.0487. The number of ether oxygens (including phenoxy) is 1. The number of hydrogen-bond donors (Lipinski definition) is 1. The SMILES string of the molecule is COCCNCc1cc(C(C)(C)C)nc2cc(C)cc(C)c12. The van der Waals surface area contributed by atoms with Crippen LogP contribution in [0.2, 0.25) is 0 Å². The van der Waals surface area contributed by atoms with E-state index in [2.05, 4.69) is 58.1 Å². The van der Waals surface area contributed by atoms with E-state index in [1.54, 1.807) is 7.11 Å². The summed E-state index contributed by atoms with van der Waals surface area (Å²) in [6.45, 7) is 13.4. The zero-order valence-corrected chi connectivity index (χ0v) is 14.7. The minimum Gasteiger partial charge on any atom is -0.383 e. The van der Waals surface area contributed by atoms with E-state index in [9.17, 15) is 0 Å². The van der Waals surface area contributed by atoms with Gasteiger partial charge in [0.2, 0.25) is 0 Å². The average molecular weight is 300 g/mol. The molecule has 0 bridgehead atoms. The number of hydrogen-bond acceptors (Lipinski definition) is 3. The van der Waals surface area contributed by atoms with Gasteiger partial charge in [-0.25, -0.2) is 0 Å². The van der Waals surface area contributed by atoms with Crippen molar-refractivity contribution in [3.63, 3.8) is 0 Å². The van der Waals surface area contributed by atoms with Gasteiger partial charge in [0, 0.05) is 36.7 Å². The Hall–Kier alpha value is -1.45. The third-order valence-corrected chi connectivity index (χ3v) is 3.90. The van der Waals surface area contributed by atoms with Gasteiger partial charge in [-0.2, -0.15) is 0 Å². The molecule has 1 aromatic carbocycles. The van der Waals surface area contributed by atoms with Crippen molar-refractivity contribution in [3.05, 3.63) is 40.6 Å². The molecule has 1 heterocycles. The molecule has 0 saturated carbocycles. The second-order valence-electron chi connectivity index (χ2n) is 7.06. The topological polar surface area (TPSA) is 34.1 Å². The van der Waals surface area contributed by atoms with Gasteiger partial charge in [-0.15, -0.1) is 0 Å². The first-order valence-corrected chi connectivity index (χ1v) is 7.94. The lowest BCUT2D eigenvalue weighted by atomic mass is 9.89. The van der Waals surface area contributed by atoms with Crippen LogP contribution in [0.5, 0.6) is 0 Å². The number of pyridine rings is 1. The molecule has 3 nitrogen and oxygen atoms in total. The van der Waals surface area contributed by atoms with E-state index < -0.39 is 0 Å². The largest absolute Gasteiger partial charge is 0.383 e. The predicted octanol–water partition coefficient (Wildman–Crippen LogP) is 3.89. The smallest absolute Gasteiger partial charge is 0.0714 e. The van der Waals surface area contributed by atoms with Gasteiger partial charge in [-0.1, -0.05) is 26.8 Å². The second kappa shape index (κ2) is 6.76. The van der Waals surface area contributed by atoms with Crippen LogP contribution in [0, 0.1) is 13.8 Å². The maximum absolute atomic E-state index is 5.11. The maximum atomic E-state index is 5.11. The van der Waals surface area contributed by atoms with Crippen LogP contribution in [0.3, 0.4) is 0 Å². The minimum atomic E-state index is 0.0487. The molecule has 2 rings (SSSR count). The van der Waals surface area contributed by atoms with Crippen molar-refractivity contribution in [1.82, 2.24) is 10.3 Å². The first-order valence-electron chi connectivity index (χ1n) is 7.94. The number of nitrogens with one attached hydrogen (secondary N) is 1. The third kappa shape index (κ3) is 3.84. The Balaban J connectivity index is 2.50. The van der Waals surface area contributed by atoms with Crippen LogP contribution in [-0.4, -0.2) is 25.2 Å². The highest BCUT2D eigenvalue weighted by Gasteiger charge is 2.18. The van der Waals surface area contributed by atoms with E-state index in [1.807, 2.05) is 0 Å². The Kier molecular flexibility index (Phi) is 5.20. The normalized spacial score (nSPS) is 12.1. The van der Waals surface area contributed by atoms with Crippen molar-refractivity contribution in [2.45, 2.75) is 46.6 Å². The summed E-state index contributed by atoms with van der Waals surface area (Å²) in [6, 6.07) is 6.68. The molecule has 0 spiro atoms. The first-order chi connectivity index (χ1) is 10.3. The van der Waals surface area contributed by atoms with Crippen LogP contribution in [0.25, 0.3) is 10.9 Å². The molecule has 3 heteroatoms. The number of rotatable bonds is 5. The molecule has 0 fully saturated rings. The van der Waals surface area contributed by atoms with Gasteiger partial charge in [0.25, 0.3) is 0 Å². The van der Waals surface area contributed by atoms with Crippen molar-refractivity contribution >= 4 is 10.9 Å². The molecule has 0 radical (unpaired) electrons. The molecule has 22 heavy (non-hydrogen) atoms. The highest BCUT2D eigenvalue weighted by atomic mass is 16.5. The van der Waals surface area contributed by atoms with E-state index >= 15 is 0 Å². The number of nitrogens with zero attached hydrogens (tertiary/aromatic N) is 1. The summed E-state index contributed by atoms with van der Waals surface area (Å²) < 4.78 is 5.11. The highest BCUT2D eigenvalue weighted by molar-refractivity contribution is 5.86. The van der Waals surface area contributed by atoms with Crippen molar-refractivity contribution in [1.29, 1.82) is 0 Å². The summed E-state index contributed by atoms with van der Waals surface area (Å²) >= 11 is 0. The Morgan fingerprint density at radius 1 is 1.14 bits per heavy atom. The van der Waals surface area contributed by atoms with E-state index in [4.69, 9.17) is 9.72 Å². The van der Waals surface area contributed by atoms with Crippen LogP contribution >= 0.6 is 0 Å². The number of aromatic nitrogens is 1. The van der Waals surface area contributed by atoms with Crippen molar-refractivity contribution < 1.29 is 4.74 Å². The fourth-order valence-corrected chi connectivity index (χ4v) is 2.77. The lowest BCUT2D eigenvalue weighted by Crippen LogP contribution is -2.20. The van der Waals surface area contributed by atoms with E-state index in [-0.39, 0.29) is 5.41 Å². The van der Waals surface area contributed by atoms with Crippen molar-refractivity contribution in [2.75, 3.05) is 20.3 Å². The van der Waals surface area contributed by atoms with Gasteiger partial charge in [-0.05, 0) is 42.7 Å². The number of methoxy groups -OCH3 is 1. The number of aryl methyl sites for hydroxylation is 2. The Morgan fingerprint density at radius 3 is 2.50 bits per heavy atom. The summed E-state index contributed by atoms with van der Waals surface area (Å²) in [6.07, 6.45) is 0. The predicted molar refractivity (Wildman–Crippen MR) is 93.5 cm³/mol. The lowest BCUT2D eigenvalue weighted by Gasteiger charge is -2.21. The third-order valence-electron chi connectivity index (χ3n) is 3.90. The van der Waals surface area contributed by atoms with Gasteiger partial charge in [0.15, 0.2) is 0 Å². The summed E-state index contributed by atoms with van der Waals surface area (Å²) in [4.78, 5) is 4.92. The quantitative estimate of drug-likeness (QED) is 0.851. The fourth-order valence-electron chi connectivity index (χ4n) is 2.77. The molecule has 0 aliphatic carbocycles. The molecule has 0 aliphatic heterocycles. The van der Waals surface area contributed by atoms with E-state index in [0.29, 0.717) is 0 Å². The summed E-state index contributed by atoms with van der Waals surface area (Å²) in [5.41, 5.74) is 6.19. The average Bonchev–Trinajstić information content (AvgIpc) is 2.41. The van der Waals surface area contributed by atoms with Gasteiger partial charge < -0.3 is 10.1 Å². The van der Waals surface area contributed by atoms with Gasteiger partial charge in [0.1, 0.15) is 0 Å². The molecule has 0 amide bonds. The number of benzene rings is 1. The molecular formula is C19H28N2O. The van der Waals surface area contributed by atoms with E-state index in [1.165, 1.54) is 22.1 Å².